The van der Waals surface area contributed by atoms with Crippen LogP contribution in [0.25, 0.3) is 0 Å². The number of nitrogens with zero attached hydrogens (tertiary/aromatic N) is 4. The summed E-state index contributed by atoms with van der Waals surface area (Å²) in [5.41, 5.74) is 3.06. The fourth-order valence-corrected chi connectivity index (χ4v) is 2.94. The molecular weight excluding hydrogens is 308 g/mol. The van der Waals surface area contributed by atoms with Gasteiger partial charge in [-0.1, -0.05) is 28.5 Å². The van der Waals surface area contributed by atoms with E-state index in [4.69, 9.17) is 0 Å². The molecular formula is C17H20N4O3. The first kappa shape index (κ1) is 16.2. The summed E-state index contributed by atoms with van der Waals surface area (Å²) in [6, 6.07) is 7.70. The van der Waals surface area contributed by atoms with Gasteiger partial charge in [0.15, 0.2) is 0 Å². The van der Waals surface area contributed by atoms with Gasteiger partial charge < -0.3 is 9.80 Å². The topological polar surface area (TPSA) is 79.5 Å². The second-order valence-corrected chi connectivity index (χ2v) is 6.13. The van der Waals surface area contributed by atoms with Gasteiger partial charge in [-0.3, -0.25) is 9.59 Å². The number of carbonyl (C=O) groups excluding carboxylic acids is 2. The van der Waals surface area contributed by atoms with Crippen LogP contribution in [0, 0.1) is 13.8 Å². The largest absolute Gasteiger partial charge is 0.329 e. The Labute approximate surface area is 140 Å². The minimum absolute atomic E-state index is 0.0681. The third-order valence-corrected chi connectivity index (χ3v) is 4.38. The summed E-state index contributed by atoms with van der Waals surface area (Å²) in [7, 11) is 0. The number of hydrogen-bond acceptors (Lipinski definition) is 5. The lowest BCUT2D eigenvalue weighted by Crippen LogP contribution is -2.57. The Morgan fingerprint density at radius 1 is 1.29 bits per heavy atom. The summed E-state index contributed by atoms with van der Waals surface area (Å²) in [4.78, 5) is 28.5. The Morgan fingerprint density at radius 2 is 2.04 bits per heavy atom. The second kappa shape index (κ2) is 6.43. The molecule has 24 heavy (non-hydrogen) atoms. The van der Waals surface area contributed by atoms with E-state index in [-0.39, 0.29) is 30.8 Å². The fraction of sp³-hybridized carbons (Fsp3) is 0.412. The zero-order chi connectivity index (χ0) is 17.3. The van der Waals surface area contributed by atoms with Crippen molar-refractivity contribution < 1.29 is 14.2 Å². The van der Waals surface area contributed by atoms with Gasteiger partial charge in [-0.15, -0.1) is 0 Å². The maximum Gasteiger partial charge on any atom is 0.246 e. The highest BCUT2D eigenvalue weighted by Crippen LogP contribution is 2.24. The van der Waals surface area contributed by atoms with Crippen LogP contribution in [-0.2, 0) is 16.0 Å². The SMILES string of the molecule is Cc1ccccc1N1C[C@@H](C)N(C(=O)Cc2nonc2C)CC1=O. The van der Waals surface area contributed by atoms with E-state index in [2.05, 4.69) is 14.9 Å². The van der Waals surface area contributed by atoms with E-state index < -0.39 is 0 Å². The maximum absolute atomic E-state index is 12.6. The van der Waals surface area contributed by atoms with Crippen LogP contribution in [0.3, 0.4) is 0 Å². The van der Waals surface area contributed by atoms with Crippen molar-refractivity contribution in [2.75, 3.05) is 18.0 Å². The zero-order valence-corrected chi connectivity index (χ0v) is 14.0. The average molecular weight is 328 g/mol. The number of rotatable bonds is 3. The molecule has 1 aromatic heterocycles. The van der Waals surface area contributed by atoms with Crippen molar-refractivity contribution in [2.24, 2.45) is 0 Å². The third-order valence-electron chi connectivity index (χ3n) is 4.38. The number of para-hydroxylation sites is 1. The van der Waals surface area contributed by atoms with Crippen LogP contribution in [0.2, 0.25) is 0 Å². The van der Waals surface area contributed by atoms with Crippen molar-refractivity contribution in [3.63, 3.8) is 0 Å². The summed E-state index contributed by atoms with van der Waals surface area (Å²) in [5.74, 6) is -0.218. The highest BCUT2D eigenvalue weighted by molar-refractivity contribution is 5.98. The molecule has 0 N–H and O–H groups in total. The molecule has 0 spiro atoms. The first-order valence-corrected chi connectivity index (χ1v) is 7.91. The van der Waals surface area contributed by atoms with Crippen LogP contribution in [0.5, 0.6) is 0 Å². The first-order chi connectivity index (χ1) is 11.5. The van der Waals surface area contributed by atoms with Gasteiger partial charge in [0.2, 0.25) is 11.8 Å². The number of aromatic nitrogens is 2. The number of aryl methyl sites for hydroxylation is 2. The van der Waals surface area contributed by atoms with Crippen LogP contribution in [0.4, 0.5) is 5.69 Å². The lowest BCUT2D eigenvalue weighted by atomic mass is 10.1. The molecule has 0 unspecified atom stereocenters. The molecule has 3 rings (SSSR count). The van der Waals surface area contributed by atoms with Crippen molar-refractivity contribution >= 4 is 17.5 Å². The fourth-order valence-electron chi connectivity index (χ4n) is 2.94. The van der Waals surface area contributed by atoms with Crippen molar-refractivity contribution in [3.05, 3.63) is 41.2 Å². The molecule has 7 heteroatoms. The molecule has 1 aliphatic heterocycles. The molecule has 0 bridgehead atoms. The number of anilines is 1. The van der Waals surface area contributed by atoms with Crippen LogP contribution in [0.1, 0.15) is 23.9 Å². The average Bonchev–Trinajstić information content (AvgIpc) is 2.95. The van der Waals surface area contributed by atoms with Crippen molar-refractivity contribution in [2.45, 2.75) is 33.2 Å². The lowest BCUT2D eigenvalue weighted by molar-refractivity contribution is -0.138. The van der Waals surface area contributed by atoms with Gasteiger partial charge in [0.05, 0.1) is 6.42 Å². The summed E-state index contributed by atoms with van der Waals surface area (Å²) in [6.07, 6.45) is 0.0946. The number of hydrogen-bond donors (Lipinski definition) is 0. The zero-order valence-electron chi connectivity index (χ0n) is 14.0. The van der Waals surface area contributed by atoms with Crippen molar-refractivity contribution in [3.8, 4) is 0 Å². The van der Waals surface area contributed by atoms with Gasteiger partial charge in [-0.2, -0.15) is 0 Å². The van der Waals surface area contributed by atoms with Crippen molar-refractivity contribution in [1.29, 1.82) is 0 Å². The van der Waals surface area contributed by atoms with Gasteiger partial charge in [0, 0.05) is 18.3 Å². The van der Waals surface area contributed by atoms with E-state index in [9.17, 15) is 9.59 Å². The Balaban J connectivity index is 1.74. The minimum Gasteiger partial charge on any atom is -0.329 e. The molecule has 7 nitrogen and oxygen atoms in total. The minimum atomic E-state index is -0.140. The predicted molar refractivity (Wildman–Crippen MR) is 87.4 cm³/mol. The highest BCUT2D eigenvalue weighted by Gasteiger charge is 2.34. The summed E-state index contributed by atoms with van der Waals surface area (Å²) in [6.45, 7) is 6.21. The molecule has 1 atom stereocenters. The van der Waals surface area contributed by atoms with Crippen LogP contribution in [0.15, 0.2) is 28.9 Å². The van der Waals surface area contributed by atoms with E-state index in [1.165, 1.54) is 0 Å². The van der Waals surface area contributed by atoms with E-state index in [0.717, 1.165) is 11.3 Å². The molecule has 0 radical (unpaired) electrons. The van der Waals surface area contributed by atoms with E-state index in [0.29, 0.717) is 17.9 Å². The normalized spacial score (nSPS) is 18.1. The molecule has 1 aliphatic rings. The standard InChI is InChI=1S/C17H20N4O3/c1-11-6-4-5-7-15(11)21-9-12(2)20(10-17(21)23)16(22)8-14-13(3)18-24-19-14/h4-7,12H,8-10H2,1-3H3/t12-/m1/s1. The van der Waals surface area contributed by atoms with Gasteiger partial charge in [0.25, 0.3) is 0 Å². The van der Waals surface area contributed by atoms with E-state index in [1.54, 1.807) is 16.7 Å². The molecule has 1 saturated heterocycles. The Hall–Kier alpha value is -2.70. The lowest BCUT2D eigenvalue weighted by Gasteiger charge is -2.39. The van der Waals surface area contributed by atoms with Crippen LogP contribution >= 0.6 is 0 Å². The molecule has 2 amide bonds. The maximum atomic E-state index is 12.6. The van der Waals surface area contributed by atoms with Crippen LogP contribution in [-0.4, -0.2) is 46.2 Å². The van der Waals surface area contributed by atoms with E-state index in [1.807, 2.05) is 38.1 Å². The highest BCUT2D eigenvalue weighted by atomic mass is 16.6. The van der Waals surface area contributed by atoms with Crippen LogP contribution < -0.4 is 4.90 Å². The van der Waals surface area contributed by atoms with Gasteiger partial charge in [-0.05, 0) is 32.4 Å². The molecule has 0 aliphatic carbocycles. The predicted octanol–water partition coefficient (Wildman–Crippen LogP) is 1.49. The molecule has 2 aromatic rings. The molecule has 2 heterocycles. The van der Waals surface area contributed by atoms with Gasteiger partial charge in [0.1, 0.15) is 17.9 Å². The quantitative estimate of drug-likeness (QED) is 0.853. The molecule has 0 saturated carbocycles. The smallest absolute Gasteiger partial charge is 0.246 e. The monoisotopic (exact) mass is 328 g/mol. The Kier molecular flexibility index (Phi) is 4.33. The third kappa shape index (κ3) is 3.02. The Morgan fingerprint density at radius 3 is 2.71 bits per heavy atom. The molecule has 126 valence electrons. The Bertz CT molecular complexity index is 771. The van der Waals surface area contributed by atoms with Gasteiger partial charge >= 0.3 is 0 Å². The summed E-state index contributed by atoms with van der Waals surface area (Å²) < 4.78 is 4.62. The molecule has 1 aromatic carbocycles. The molecule has 1 fully saturated rings. The van der Waals surface area contributed by atoms with E-state index >= 15 is 0 Å². The first-order valence-electron chi connectivity index (χ1n) is 7.91. The number of amides is 2. The second-order valence-electron chi connectivity index (χ2n) is 6.13. The van der Waals surface area contributed by atoms with Crippen molar-refractivity contribution in [1.82, 2.24) is 15.2 Å². The number of benzene rings is 1. The summed E-state index contributed by atoms with van der Waals surface area (Å²) in [5, 5.41) is 7.42. The number of piperazine rings is 1. The summed E-state index contributed by atoms with van der Waals surface area (Å²) >= 11 is 0. The van der Waals surface area contributed by atoms with Gasteiger partial charge in [-0.25, -0.2) is 4.63 Å². The number of carbonyl (C=O) groups is 2.